The summed E-state index contributed by atoms with van der Waals surface area (Å²) in [6, 6.07) is 8.55. The van der Waals surface area contributed by atoms with Crippen LogP contribution in [0.3, 0.4) is 0 Å². The molecule has 0 saturated carbocycles. The van der Waals surface area contributed by atoms with Crippen LogP contribution in [0.15, 0.2) is 30.3 Å². The minimum Gasteiger partial charge on any atom is -0.465 e. The van der Waals surface area contributed by atoms with Gasteiger partial charge in [-0.3, -0.25) is 9.32 Å². The van der Waals surface area contributed by atoms with Crippen molar-refractivity contribution in [1.29, 1.82) is 0 Å². The lowest BCUT2D eigenvalue weighted by molar-refractivity contribution is -0.141. The highest BCUT2D eigenvalue weighted by molar-refractivity contribution is 7.52. The Balaban J connectivity index is 2.57. The van der Waals surface area contributed by atoms with Crippen LogP contribution in [-0.2, 0) is 18.6 Å². The molecule has 0 spiro atoms. The molecule has 0 fully saturated rings. The molecule has 18 heavy (non-hydrogen) atoms. The van der Waals surface area contributed by atoms with E-state index in [-0.39, 0.29) is 13.2 Å². The highest BCUT2D eigenvalue weighted by Crippen LogP contribution is 2.42. The van der Waals surface area contributed by atoms with E-state index in [0.717, 1.165) is 0 Å². The number of ether oxygens (including phenoxy) is 1. The van der Waals surface area contributed by atoms with Crippen molar-refractivity contribution < 1.29 is 23.1 Å². The molecule has 0 bridgehead atoms. The fraction of sp³-hybridized carbons (Fsp3) is 0.364. The first kappa shape index (κ1) is 14.7. The lowest BCUT2D eigenvalue weighted by Gasteiger charge is -2.17. The van der Waals surface area contributed by atoms with Gasteiger partial charge in [0.05, 0.1) is 6.61 Å². The summed E-state index contributed by atoms with van der Waals surface area (Å²) in [5.41, 5.74) is 0. The molecule has 6 nitrogen and oxygen atoms in total. The summed E-state index contributed by atoms with van der Waals surface area (Å²) in [6.07, 6.45) is 0. The lowest BCUT2D eigenvalue weighted by Crippen LogP contribution is -2.25. The first-order valence-corrected chi connectivity index (χ1v) is 6.95. The summed E-state index contributed by atoms with van der Waals surface area (Å²) in [6.45, 7) is 1.71. The molecule has 0 aliphatic carbocycles. The predicted octanol–water partition coefficient (Wildman–Crippen LogP) is 1.97. The summed E-state index contributed by atoms with van der Waals surface area (Å²) in [5.74, 6) is -0.134. The van der Waals surface area contributed by atoms with Crippen molar-refractivity contribution in [3.63, 3.8) is 0 Å². The molecule has 0 amide bonds. The van der Waals surface area contributed by atoms with Crippen LogP contribution in [0.4, 0.5) is 0 Å². The third-order valence-electron chi connectivity index (χ3n) is 1.93. The number of carbonyl (C=O) groups is 1. The van der Waals surface area contributed by atoms with Crippen molar-refractivity contribution in [2.24, 2.45) is 0 Å². The second kappa shape index (κ2) is 7.16. The minimum atomic E-state index is -3.55. The van der Waals surface area contributed by atoms with Gasteiger partial charge in [0.2, 0.25) is 0 Å². The second-order valence-electron chi connectivity index (χ2n) is 3.22. The van der Waals surface area contributed by atoms with Gasteiger partial charge in [0.25, 0.3) is 0 Å². The van der Waals surface area contributed by atoms with Crippen LogP contribution < -0.4 is 9.61 Å². The third kappa shape index (κ3) is 4.87. The van der Waals surface area contributed by atoms with Gasteiger partial charge in [0.15, 0.2) is 0 Å². The van der Waals surface area contributed by atoms with Crippen LogP contribution >= 0.6 is 7.75 Å². The van der Waals surface area contributed by atoms with E-state index in [1.165, 1.54) is 7.11 Å². The highest BCUT2D eigenvalue weighted by Gasteiger charge is 2.25. The van der Waals surface area contributed by atoms with Gasteiger partial charge in [-0.05, 0) is 19.1 Å². The van der Waals surface area contributed by atoms with Crippen LogP contribution in [-0.4, -0.2) is 26.2 Å². The smallest absolute Gasteiger partial charge is 0.458 e. The number of benzene rings is 1. The van der Waals surface area contributed by atoms with Gasteiger partial charge in [0, 0.05) is 7.11 Å². The zero-order valence-corrected chi connectivity index (χ0v) is 11.2. The molecule has 0 saturated heterocycles. The van der Waals surface area contributed by atoms with Crippen LogP contribution in [0.2, 0.25) is 0 Å². The zero-order valence-electron chi connectivity index (χ0n) is 10.3. The maximum absolute atomic E-state index is 12.1. The molecule has 0 aromatic heterocycles. The maximum Gasteiger partial charge on any atom is 0.458 e. The number of nitrogens with one attached hydrogen (secondary N) is 1. The molecule has 0 radical (unpaired) electrons. The first-order valence-electron chi connectivity index (χ1n) is 5.41. The quantitative estimate of drug-likeness (QED) is 0.604. The third-order valence-corrected chi connectivity index (χ3v) is 3.41. The van der Waals surface area contributed by atoms with Crippen LogP contribution in [0, 0.1) is 0 Å². The number of para-hydroxylation sites is 1. The van der Waals surface area contributed by atoms with Crippen molar-refractivity contribution >= 4 is 13.7 Å². The summed E-state index contributed by atoms with van der Waals surface area (Å²) >= 11 is 0. The number of carbonyl (C=O) groups excluding carboxylic acids is 1. The summed E-state index contributed by atoms with van der Waals surface area (Å²) < 4.78 is 26.8. The monoisotopic (exact) mass is 273 g/mol. The fourth-order valence-electron chi connectivity index (χ4n) is 1.13. The Bertz CT molecular complexity index is 423. The minimum absolute atomic E-state index is 0.244. The van der Waals surface area contributed by atoms with Crippen LogP contribution in [0.5, 0.6) is 5.75 Å². The molecule has 1 aromatic rings. The van der Waals surface area contributed by atoms with Crippen LogP contribution in [0.25, 0.3) is 0 Å². The normalized spacial score (nSPS) is 13.7. The van der Waals surface area contributed by atoms with Crippen LogP contribution in [0.1, 0.15) is 6.92 Å². The van der Waals surface area contributed by atoms with Crippen molar-refractivity contribution in [2.45, 2.75) is 6.92 Å². The van der Waals surface area contributed by atoms with Crippen molar-refractivity contribution in [3.05, 3.63) is 30.3 Å². The van der Waals surface area contributed by atoms with Gasteiger partial charge in [-0.2, -0.15) is 0 Å². The lowest BCUT2D eigenvalue weighted by atomic mass is 10.3. The largest absolute Gasteiger partial charge is 0.465 e. The predicted molar refractivity (Wildman–Crippen MR) is 66.3 cm³/mol. The molecule has 1 unspecified atom stereocenters. The van der Waals surface area contributed by atoms with Gasteiger partial charge in [-0.15, -0.1) is 0 Å². The molecule has 0 aliphatic rings. The Hall–Kier alpha value is -1.36. The van der Waals surface area contributed by atoms with E-state index in [2.05, 4.69) is 5.09 Å². The standard InChI is InChI=1S/C11H16NO5P/c1-3-16-11(13)9-12-18(14,15-2)17-10-7-5-4-6-8-10/h4-8H,3,9H2,1-2H3,(H,12,14). The van der Waals surface area contributed by atoms with Gasteiger partial charge in [0.1, 0.15) is 12.3 Å². The Kier molecular flexibility index (Phi) is 5.85. The molecule has 100 valence electrons. The first-order chi connectivity index (χ1) is 8.59. The summed E-state index contributed by atoms with van der Waals surface area (Å²) in [4.78, 5) is 11.1. The van der Waals surface area contributed by atoms with E-state index in [9.17, 15) is 9.36 Å². The molecule has 0 aliphatic heterocycles. The highest BCUT2D eigenvalue weighted by atomic mass is 31.2. The Labute approximate surface area is 106 Å². The molecular weight excluding hydrogens is 257 g/mol. The molecular formula is C11H16NO5P. The SMILES string of the molecule is CCOC(=O)CNP(=O)(OC)Oc1ccccc1. The van der Waals surface area contributed by atoms with E-state index in [4.69, 9.17) is 13.8 Å². The van der Waals surface area contributed by atoms with Crippen molar-refractivity contribution in [3.8, 4) is 5.75 Å². The molecule has 7 heteroatoms. The fourth-order valence-corrected chi connectivity index (χ4v) is 2.12. The van der Waals surface area contributed by atoms with E-state index >= 15 is 0 Å². The molecule has 0 heterocycles. The molecule has 1 atom stereocenters. The van der Waals surface area contributed by atoms with Gasteiger partial charge in [-0.1, -0.05) is 18.2 Å². The number of hydrogen-bond donors (Lipinski definition) is 1. The van der Waals surface area contributed by atoms with Gasteiger partial charge >= 0.3 is 13.7 Å². The molecule has 1 N–H and O–H groups in total. The van der Waals surface area contributed by atoms with E-state index in [0.29, 0.717) is 5.75 Å². The van der Waals surface area contributed by atoms with Crippen molar-refractivity contribution in [1.82, 2.24) is 5.09 Å². The maximum atomic E-state index is 12.1. The van der Waals surface area contributed by atoms with Gasteiger partial charge < -0.3 is 9.26 Å². The van der Waals surface area contributed by atoms with Gasteiger partial charge in [-0.25, -0.2) is 9.65 Å². The Morgan fingerprint density at radius 1 is 1.33 bits per heavy atom. The summed E-state index contributed by atoms with van der Waals surface area (Å²) in [7, 11) is -2.31. The van der Waals surface area contributed by atoms with E-state index < -0.39 is 13.7 Å². The number of rotatable bonds is 7. The topological polar surface area (TPSA) is 73.9 Å². The zero-order chi connectivity index (χ0) is 13.4. The second-order valence-corrected chi connectivity index (χ2v) is 5.08. The number of esters is 1. The average molecular weight is 273 g/mol. The van der Waals surface area contributed by atoms with Crippen molar-refractivity contribution in [2.75, 3.05) is 20.3 Å². The molecule has 1 rings (SSSR count). The van der Waals surface area contributed by atoms with E-state index in [1.54, 1.807) is 37.3 Å². The Morgan fingerprint density at radius 2 is 2.00 bits per heavy atom. The molecule has 1 aromatic carbocycles. The van der Waals surface area contributed by atoms with E-state index in [1.807, 2.05) is 0 Å². The Morgan fingerprint density at radius 3 is 2.56 bits per heavy atom. The average Bonchev–Trinajstić information content (AvgIpc) is 2.38. The number of hydrogen-bond acceptors (Lipinski definition) is 5. The summed E-state index contributed by atoms with van der Waals surface area (Å²) in [5, 5.41) is 2.42.